The predicted octanol–water partition coefficient (Wildman–Crippen LogP) is 3.03. The first-order valence-electron chi connectivity index (χ1n) is 18.1. The SMILES string of the molecule is Bc1ccc(CN(c2cc(C(=O)NC(C)c3cccnc3)cc(C(=O)N[C@H](CN[C@@H](C)C(=O)N[C@H](C)c3ccc(N)cc3)Cc3cscn3)c2)S(C)(=O)=O)cc1. The molecule has 3 amide bonds. The zero-order chi connectivity index (χ0) is 40.4. The van der Waals surface area contributed by atoms with Crippen LogP contribution in [0.5, 0.6) is 0 Å². The number of carbonyl (C=O) groups is 3. The lowest BCUT2D eigenvalue weighted by molar-refractivity contribution is -0.123. The molecule has 0 fully saturated rings. The molecule has 6 N–H and O–H groups in total. The van der Waals surface area contributed by atoms with Gasteiger partial charge in [0.2, 0.25) is 15.9 Å². The molecule has 4 atom stereocenters. The first-order chi connectivity index (χ1) is 26.7. The van der Waals surface area contributed by atoms with Crippen LogP contribution in [0.15, 0.2) is 102 Å². The van der Waals surface area contributed by atoms with Crippen LogP contribution in [-0.4, -0.2) is 68.8 Å². The molecule has 16 heteroatoms. The molecule has 5 aromatic rings. The first-order valence-corrected chi connectivity index (χ1v) is 20.9. The van der Waals surface area contributed by atoms with Crippen LogP contribution in [0.4, 0.5) is 11.4 Å². The Balaban J connectivity index is 1.41. The number of benzene rings is 3. The molecule has 0 saturated heterocycles. The van der Waals surface area contributed by atoms with Crippen LogP contribution >= 0.6 is 11.3 Å². The number of nitrogens with zero attached hydrogens (tertiary/aromatic N) is 3. The summed E-state index contributed by atoms with van der Waals surface area (Å²) in [5.74, 6) is -1.28. The average molecular weight is 795 g/mol. The third kappa shape index (κ3) is 11.7. The summed E-state index contributed by atoms with van der Waals surface area (Å²) < 4.78 is 27.8. The molecule has 292 valence electrons. The number of anilines is 2. The molecule has 0 aliphatic carbocycles. The van der Waals surface area contributed by atoms with Gasteiger partial charge < -0.3 is 27.0 Å². The van der Waals surface area contributed by atoms with E-state index in [0.717, 1.165) is 34.1 Å². The van der Waals surface area contributed by atoms with E-state index in [0.29, 0.717) is 12.1 Å². The number of nitrogens with one attached hydrogen (secondary N) is 4. The summed E-state index contributed by atoms with van der Waals surface area (Å²) in [6.45, 7) is 5.61. The lowest BCUT2D eigenvalue weighted by Gasteiger charge is -2.25. The van der Waals surface area contributed by atoms with Crippen LogP contribution in [0, 0.1) is 0 Å². The fourth-order valence-corrected chi connectivity index (χ4v) is 7.37. The van der Waals surface area contributed by atoms with Gasteiger partial charge in [0, 0.05) is 53.6 Å². The number of aromatic nitrogens is 2. The van der Waals surface area contributed by atoms with E-state index >= 15 is 0 Å². The second-order valence-electron chi connectivity index (χ2n) is 13.9. The lowest BCUT2D eigenvalue weighted by Crippen LogP contribution is -2.50. The smallest absolute Gasteiger partial charge is 0.251 e. The molecule has 0 aliphatic heterocycles. The third-order valence-corrected chi connectivity index (χ3v) is 11.0. The van der Waals surface area contributed by atoms with E-state index in [4.69, 9.17) is 5.73 Å². The summed E-state index contributed by atoms with van der Waals surface area (Å²) in [6.07, 6.45) is 4.71. The van der Waals surface area contributed by atoms with Crippen molar-refractivity contribution in [3.8, 4) is 0 Å². The number of nitrogens with two attached hydrogens (primary N) is 1. The highest BCUT2D eigenvalue weighted by molar-refractivity contribution is 7.92. The number of hydrogen-bond donors (Lipinski definition) is 5. The first kappa shape index (κ1) is 41.6. The molecular formula is C40H47BN8O5S2. The van der Waals surface area contributed by atoms with Gasteiger partial charge >= 0.3 is 0 Å². The summed E-state index contributed by atoms with van der Waals surface area (Å²) in [7, 11) is -1.95. The number of amides is 3. The van der Waals surface area contributed by atoms with Gasteiger partial charge in [0.15, 0.2) is 0 Å². The zero-order valence-corrected chi connectivity index (χ0v) is 33.7. The van der Waals surface area contributed by atoms with Crippen LogP contribution < -0.4 is 36.8 Å². The second-order valence-corrected chi connectivity index (χ2v) is 16.5. The summed E-state index contributed by atoms with van der Waals surface area (Å²) in [5, 5.41) is 14.1. The van der Waals surface area contributed by atoms with Gasteiger partial charge in [-0.15, -0.1) is 11.3 Å². The van der Waals surface area contributed by atoms with E-state index in [1.807, 2.05) is 69.5 Å². The Labute approximate surface area is 333 Å². The molecule has 0 aliphatic rings. The van der Waals surface area contributed by atoms with Crippen molar-refractivity contribution in [2.75, 3.05) is 22.8 Å². The van der Waals surface area contributed by atoms with Gasteiger partial charge in [0.25, 0.3) is 11.8 Å². The standard InChI is InChI=1S/C40H47BN8O5S2/c1-25(29-9-13-34(42)14-10-29)46-38(50)27(3)44-21-35(19-36-23-55-24-45-36)48-40(52)32-16-31(39(51)47-26(2)30-6-5-15-43-20-30)17-37(18-32)49(56(4,53)54)22-28-7-11-33(41)12-8-28/h5-18,20,23-27,35,44H,19,21-22,41-42H2,1-4H3,(H,46,50)(H,47,51)(H,48,52)/t25-,26?,27+,35+/m1/s1. The minimum atomic E-state index is -3.89. The number of hydrogen-bond acceptors (Lipinski definition) is 10. The van der Waals surface area contributed by atoms with Crippen molar-refractivity contribution >= 4 is 63.8 Å². The Morgan fingerprint density at radius 1 is 0.875 bits per heavy atom. The molecule has 1 unspecified atom stereocenters. The summed E-state index contributed by atoms with van der Waals surface area (Å²) in [5.41, 5.74) is 12.6. The Kier molecular flexibility index (Phi) is 14.0. The van der Waals surface area contributed by atoms with Crippen LogP contribution in [0.1, 0.15) is 76.0 Å². The number of thiazole rings is 1. The van der Waals surface area contributed by atoms with E-state index in [1.54, 1.807) is 43.0 Å². The Hall–Kier alpha value is -5.58. The summed E-state index contributed by atoms with van der Waals surface area (Å²) in [6, 6.07) is 20.9. The number of pyridine rings is 1. The maximum atomic E-state index is 14.2. The van der Waals surface area contributed by atoms with Crippen LogP contribution in [0.2, 0.25) is 0 Å². The van der Waals surface area contributed by atoms with Gasteiger partial charge in [0.1, 0.15) is 7.85 Å². The lowest BCUT2D eigenvalue weighted by atomic mass is 9.95. The molecule has 0 bridgehead atoms. The minimum Gasteiger partial charge on any atom is -0.399 e. The third-order valence-electron chi connectivity index (χ3n) is 9.24. The monoisotopic (exact) mass is 794 g/mol. The van der Waals surface area contributed by atoms with Crippen molar-refractivity contribution in [2.24, 2.45) is 0 Å². The van der Waals surface area contributed by atoms with E-state index in [9.17, 15) is 22.8 Å². The molecule has 5 rings (SSSR count). The van der Waals surface area contributed by atoms with Gasteiger partial charge in [-0.2, -0.15) is 0 Å². The fraction of sp³-hybridized carbons (Fsp3) is 0.275. The second kappa shape index (κ2) is 18.8. The Morgan fingerprint density at radius 3 is 2.14 bits per heavy atom. The highest BCUT2D eigenvalue weighted by Gasteiger charge is 2.25. The molecule has 13 nitrogen and oxygen atoms in total. The van der Waals surface area contributed by atoms with E-state index in [1.165, 1.54) is 33.8 Å². The summed E-state index contributed by atoms with van der Waals surface area (Å²) >= 11 is 1.42. The molecule has 3 aromatic carbocycles. The quantitative estimate of drug-likeness (QED) is 0.0697. The highest BCUT2D eigenvalue weighted by Crippen LogP contribution is 2.25. The van der Waals surface area contributed by atoms with E-state index in [2.05, 4.69) is 31.2 Å². The number of carbonyl (C=O) groups excluding carboxylic acids is 3. The molecule has 0 radical (unpaired) electrons. The van der Waals surface area contributed by atoms with Crippen LogP contribution in [0.3, 0.4) is 0 Å². The number of sulfonamides is 1. The molecule has 2 aromatic heterocycles. The van der Waals surface area contributed by atoms with Crippen LogP contribution in [-0.2, 0) is 27.8 Å². The molecule has 0 spiro atoms. The molecule has 2 heterocycles. The fourth-order valence-electron chi connectivity index (χ4n) is 5.92. The van der Waals surface area contributed by atoms with Crippen molar-refractivity contribution in [2.45, 2.75) is 57.9 Å². The largest absolute Gasteiger partial charge is 0.399 e. The maximum Gasteiger partial charge on any atom is 0.251 e. The number of nitrogen functional groups attached to an aromatic ring is 1. The Morgan fingerprint density at radius 2 is 1.54 bits per heavy atom. The molecular weight excluding hydrogens is 747 g/mol. The molecule has 0 saturated carbocycles. The topological polar surface area (TPSA) is 189 Å². The van der Waals surface area contributed by atoms with E-state index < -0.39 is 40.0 Å². The van der Waals surface area contributed by atoms with Crippen molar-refractivity contribution in [1.82, 2.24) is 31.2 Å². The van der Waals surface area contributed by atoms with Crippen LogP contribution in [0.25, 0.3) is 0 Å². The van der Waals surface area contributed by atoms with Gasteiger partial charge in [-0.1, -0.05) is 47.9 Å². The van der Waals surface area contributed by atoms with Gasteiger partial charge in [-0.3, -0.25) is 23.7 Å². The zero-order valence-electron chi connectivity index (χ0n) is 32.0. The normalized spacial score (nSPS) is 13.5. The predicted molar refractivity (Wildman–Crippen MR) is 224 cm³/mol. The maximum absolute atomic E-state index is 14.2. The van der Waals surface area contributed by atoms with Crippen molar-refractivity contribution in [3.05, 3.63) is 136 Å². The Bertz CT molecular complexity index is 2210. The van der Waals surface area contributed by atoms with Crippen molar-refractivity contribution in [1.29, 1.82) is 0 Å². The van der Waals surface area contributed by atoms with Gasteiger partial charge in [0.05, 0.1) is 47.8 Å². The molecule has 56 heavy (non-hydrogen) atoms. The average Bonchev–Trinajstić information content (AvgIpc) is 3.69. The summed E-state index contributed by atoms with van der Waals surface area (Å²) in [4.78, 5) is 49.7. The van der Waals surface area contributed by atoms with E-state index in [-0.39, 0.29) is 41.9 Å². The minimum absolute atomic E-state index is 0.0232. The van der Waals surface area contributed by atoms with Crippen molar-refractivity contribution in [3.63, 3.8) is 0 Å². The number of rotatable bonds is 17. The van der Waals surface area contributed by atoms with Gasteiger partial charge in [-0.05, 0) is 73.9 Å². The van der Waals surface area contributed by atoms with Gasteiger partial charge in [-0.25, -0.2) is 13.4 Å². The van der Waals surface area contributed by atoms with Crippen molar-refractivity contribution < 1.29 is 22.8 Å². The highest BCUT2D eigenvalue weighted by atomic mass is 32.2.